The molecule has 1 aliphatic heterocycles. The Morgan fingerprint density at radius 1 is 1.18 bits per heavy atom. The van der Waals surface area contributed by atoms with E-state index in [1.165, 1.54) is 27.9 Å². The zero-order valence-corrected chi connectivity index (χ0v) is 19.9. The molecule has 0 radical (unpaired) electrons. The van der Waals surface area contributed by atoms with Gasteiger partial charge < -0.3 is 19.8 Å². The van der Waals surface area contributed by atoms with Crippen LogP contribution >= 0.6 is 11.3 Å². The Hall–Kier alpha value is -3.62. The maximum absolute atomic E-state index is 12.7. The third-order valence-electron chi connectivity index (χ3n) is 6.03. The van der Waals surface area contributed by atoms with E-state index in [0.29, 0.717) is 17.4 Å². The van der Waals surface area contributed by atoms with E-state index in [1.807, 2.05) is 29.6 Å². The summed E-state index contributed by atoms with van der Waals surface area (Å²) in [5.74, 6) is 1.36. The molecule has 2 aromatic carbocycles. The zero-order chi connectivity index (χ0) is 23.5. The second kappa shape index (κ2) is 9.70. The van der Waals surface area contributed by atoms with Crippen LogP contribution in [0.3, 0.4) is 0 Å². The maximum Gasteiger partial charge on any atom is 0.240 e. The number of H-pyrrole nitrogens is 1. The van der Waals surface area contributed by atoms with Gasteiger partial charge in [0, 0.05) is 46.7 Å². The third kappa shape index (κ3) is 4.55. The van der Waals surface area contributed by atoms with E-state index in [1.54, 1.807) is 14.2 Å². The fourth-order valence-electron chi connectivity index (χ4n) is 4.27. The molecule has 0 unspecified atom stereocenters. The van der Waals surface area contributed by atoms with Crippen LogP contribution in [0.25, 0.3) is 27.7 Å². The lowest BCUT2D eigenvalue weighted by Gasteiger charge is -2.25. The molecule has 0 aliphatic carbocycles. The highest BCUT2D eigenvalue weighted by molar-refractivity contribution is 7.14. The summed E-state index contributed by atoms with van der Waals surface area (Å²) in [6, 6.07) is 13.9. The highest BCUT2D eigenvalue weighted by Crippen LogP contribution is 2.35. The van der Waals surface area contributed by atoms with Gasteiger partial charge in [0.25, 0.3) is 0 Å². The number of hydrogen-bond donors (Lipinski definition) is 2. The molecule has 0 atom stereocenters. The van der Waals surface area contributed by atoms with Crippen LogP contribution in [0.1, 0.15) is 12.0 Å². The minimum atomic E-state index is -0.0672. The Morgan fingerprint density at radius 3 is 2.85 bits per heavy atom. The molecule has 0 spiro atoms. The number of benzene rings is 2. The smallest absolute Gasteiger partial charge is 0.240 e. The average Bonchev–Trinajstić information content (AvgIpc) is 3.51. The minimum Gasteiger partial charge on any atom is -0.497 e. The van der Waals surface area contributed by atoms with Crippen LogP contribution in [0.2, 0.25) is 0 Å². The number of para-hydroxylation sites is 1. The fourth-order valence-corrected chi connectivity index (χ4v) is 4.99. The second-order valence-corrected chi connectivity index (χ2v) is 8.97. The largest absolute Gasteiger partial charge is 0.497 e. The second-order valence-electron chi connectivity index (χ2n) is 8.11. The fraction of sp³-hybridized carbons (Fsp3) is 0.231. The van der Waals surface area contributed by atoms with Gasteiger partial charge in [-0.2, -0.15) is 0 Å². The van der Waals surface area contributed by atoms with Crippen molar-refractivity contribution in [3.8, 4) is 22.8 Å². The predicted octanol–water partition coefficient (Wildman–Crippen LogP) is 5.04. The lowest BCUT2D eigenvalue weighted by atomic mass is 9.99. The number of carbonyl (C=O) groups is 1. The number of aromatic amines is 1. The van der Waals surface area contributed by atoms with Crippen LogP contribution < -0.4 is 14.8 Å². The van der Waals surface area contributed by atoms with Crippen molar-refractivity contribution in [1.82, 2.24) is 14.9 Å². The van der Waals surface area contributed by atoms with Gasteiger partial charge in [-0.1, -0.05) is 24.3 Å². The van der Waals surface area contributed by atoms with Crippen molar-refractivity contribution in [2.75, 3.05) is 39.2 Å². The normalized spacial score (nSPS) is 14.1. The molecule has 174 valence electrons. The Balaban J connectivity index is 1.21. The van der Waals surface area contributed by atoms with Gasteiger partial charge in [0.15, 0.2) is 5.13 Å². The van der Waals surface area contributed by atoms with Gasteiger partial charge in [-0.25, -0.2) is 4.98 Å². The summed E-state index contributed by atoms with van der Waals surface area (Å²) in [5.41, 5.74) is 5.29. The van der Waals surface area contributed by atoms with Gasteiger partial charge in [-0.3, -0.25) is 9.69 Å². The van der Waals surface area contributed by atoms with Gasteiger partial charge in [0.1, 0.15) is 11.5 Å². The first-order chi connectivity index (χ1) is 16.6. The van der Waals surface area contributed by atoms with E-state index in [0.717, 1.165) is 42.0 Å². The number of amides is 1. The lowest BCUT2D eigenvalue weighted by Crippen LogP contribution is -2.36. The molecule has 0 fully saturated rings. The lowest BCUT2D eigenvalue weighted by molar-refractivity contribution is -0.117. The van der Waals surface area contributed by atoms with E-state index in [9.17, 15) is 4.79 Å². The van der Waals surface area contributed by atoms with Gasteiger partial charge in [-0.15, -0.1) is 11.3 Å². The van der Waals surface area contributed by atoms with Crippen molar-refractivity contribution in [2.24, 2.45) is 0 Å². The standard InChI is InChI=1S/C26H26N4O3S/c1-32-18-7-8-24(33-2)20(13-18)23-16-34-26(28-23)29-25(31)15-30-11-9-17(10-12-30)21-14-27-22-6-4-3-5-19(21)22/h3-9,13-14,16,27H,10-12,15H2,1-2H3,(H,28,29,31). The summed E-state index contributed by atoms with van der Waals surface area (Å²) in [5, 5.41) is 6.65. The molecule has 7 nitrogen and oxygen atoms in total. The number of fused-ring (bicyclic) bond motifs is 1. The molecular formula is C26H26N4O3S. The summed E-state index contributed by atoms with van der Waals surface area (Å²) >= 11 is 1.39. The number of ether oxygens (including phenoxy) is 2. The van der Waals surface area contributed by atoms with Crippen molar-refractivity contribution in [1.29, 1.82) is 0 Å². The quantitative estimate of drug-likeness (QED) is 0.392. The van der Waals surface area contributed by atoms with Crippen LogP contribution in [0.5, 0.6) is 11.5 Å². The molecule has 3 heterocycles. The number of aromatic nitrogens is 2. The molecule has 34 heavy (non-hydrogen) atoms. The average molecular weight is 475 g/mol. The highest BCUT2D eigenvalue weighted by Gasteiger charge is 2.19. The van der Waals surface area contributed by atoms with Crippen LogP contribution in [0.15, 0.2) is 60.1 Å². The SMILES string of the molecule is COc1ccc(OC)c(-c2csc(NC(=O)CN3CC=C(c4c[nH]c5ccccc45)CC3)n2)c1. The molecule has 0 saturated carbocycles. The van der Waals surface area contributed by atoms with Crippen molar-refractivity contribution in [2.45, 2.75) is 6.42 Å². The number of rotatable bonds is 7. The van der Waals surface area contributed by atoms with Crippen molar-refractivity contribution >= 4 is 38.9 Å². The molecule has 4 aromatic rings. The molecule has 8 heteroatoms. The van der Waals surface area contributed by atoms with Crippen LogP contribution in [0, 0.1) is 0 Å². The number of thiazole rings is 1. The van der Waals surface area contributed by atoms with E-state index in [4.69, 9.17) is 9.47 Å². The third-order valence-corrected chi connectivity index (χ3v) is 6.79. The van der Waals surface area contributed by atoms with Crippen LogP contribution in [0.4, 0.5) is 5.13 Å². The first kappa shape index (κ1) is 22.2. The number of anilines is 1. The van der Waals surface area contributed by atoms with E-state index in [2.05, 4.69) is 50.7 Å². The Labute approximate surface area is 202 Å². The zero-order valence-electron chi connectivity index (χ0n) is 19.1. The number of nitrogens with one attached hydrogen (secondary N) is 2. The van der Waals surface area contributed by atoms with E-state index in [-0.39, 0.29) is 5.91 Å². The number of nitrogens with zero attached hydrogens (tertiary/aromatic N) is 2. The van der Waals surface area contributed by atoms with Crippen molar-refractivity contribution in [3.63, 3.8) is 0 Å². The minimum absolute atomic E-state index is 0.0672. The van der Waals surface area contributed by atoms with Gasteiger partial charge in [0.05, 0.1) is 26.5 Å². The molecule has 2 N–H and O–H groups in total. The number of carbonyl (C=O) groups excluding carboxylic acids is 1. The van der Waals surface area contributed by atoms with Crippen LogP contribution in [-0.2, 0) is 4.79 Å². The summed E-state index contributed by atoms with van der Waals surface area (Å²) in [4.78, 5) is 22.8. The molecular weight excluding hydrogens is 448 g/mol. The van der Waals surface area contributed by atoms with E-state index >= 15 is 0 Å². The first-order valence-corrected chi connectivity index (χ1v) is 12.0. The molecule has 0 saturated heterocycles. The Kier molecular flexibility index (Phi) is 6.33. The highest BCUT2D eigenvalue weighted by atomic mass is 32.1. The van der Waals surface area contributed by atoms with Gasteiger partial charge in [-0.05, 0) is 36.3 Å². The summed E-state index contributed by atoms with van der Waals surface area (Å²) in [7, 11) is 3.24. The summed E-state index contributed by atoms with van der Waals surface area (Å²) < 4.78 is 10.8. The molecule has 1 amide bonds. The maximum atomic E-state index is 12.7. The van der Waals surface area contributed by atoms with Crippen molar-refractivity contribution in [3.05, 3.63) is 65.7 Å². The first-order valence-electron chi connectivity index (χ1n) is 11.1. The van der Waals surface area contributed by atoms with E-state index < -0.39 is 0 Å². The molecule has 5 rings (SSSR count). The van der Waals surface area contributed by atoms with Crippen molar-refractivity contribution < 1.29 is 14.3 Å². The van der Waals surface area contributed by atoms with Gasteiger partial charge in [0.2, 0.25) is 5.91 Å². The van der Waals surface area contributed by atoms with Crippen LogP contribution in [-0.4, -0.2) is 54.6 Å². The predicted molar refractivity (Wildman–Crippen MR) is 137 cm³/mol. The summed E-state index contributed by atoms with van der Waals surface area (Å²) in [6.45, 7) is 1.91. The Bertz CT molecular complexity index is 1360. The molecule has 1 aliphatic rings. The monoisotopic (exact) mass is 474 g/mol. The number of hydrogen-bond acceptors (Lipinski definition) is 6. The molecule has 0 bridgehead atoms. The number of methoxy groups -OCH3 is 2. The molecule has 2 aromatic heterocycles. The summed E-state index contributed by atoms with van der Waals surface area (Å²) in [6.07, 6.45) is 5.21. The van der Waals surface area contributed by atoms with Gasteiger partial charge >= 0.3 is 0 Å². The topological polar surface area (TPSA) is 79.5 Å². The Morgan fingerprint density at radius 2 is 2.06 bits per heavy atom.